The third-order valence-corrected chi connectivity index (χ3v) is 4.71. The molecule has 0 aromatic heterocycles. The molecular formula is C11H22O4S. The summed E-state index contributed by atoms with van der Waals surface area (Å²) in [4.78, 5) is 11.4. The minimum absolute atomic E-state index is 0.0267. The fourth-order valence-electron chi connectivity index (χ4n) is 1.55. The first-order valence-corrected chi connectivity index (χ1v) is 7.36. The molecule has 0 aliphatic rings. The molecule has 0 aliphatic heterocycles. The lowest BCUT2D eigenvalue weighted by molar-refractivity contribution is -0.140. The summed E-state index contributed by atoms with van der Waals surface area (Å²) in [5, 5.41) is -0.986. The lowest BCUT2D eigenvalue weighted by Crippen LogP contribution is -2.34. The van der Waals surface area contributed by atoms with Gasteiger partial charge in [0, 0.05) is 0 Å². The number of hydrogen-bond donors (Lipinski definition) is 0. The van der Waals surface area contributed by atoms with Crippen molar-refractivity contribution < 1.29 is 17.9 Å². The van der Waals surface area contributed by atoms with Gasteiger partial charge in [0.15, 0.2) is 15.1 Å². The van der Waals surface area contributed by atoms with Crippen LogP contribution in [0, 0.1) is 5.92 Å². The summed E-state index contributed by atoms with van der Waals surface area (Å²) in [5.74, 6) is -0.566. The summed E-state index contributed by atoms with van der Waals surface area (Å²) < 4.78 is 28.5. The highest BCUT2D eigenvalue weighted by atomic mass is 32.2. The van der Waals surface area contributed by atoms with Crippen LogP contribution in [0.15, 0.2) is 0 Å². The second-order valence-corrected chi connectivity index (χ2v) is 6.61. The molecular weight excluding hydrogens is 228 g/mol. The van der Waals surface area contributed by atoms with Gasteiger partial charge in [0.1, 0.15) is 0 Å². The molecule has 5 heteroatoms. The predicted molar refractivity (Wildman–Crippen MR) is 64.0 cm³/mol. The molecule has 16 heavy (non-hydrogen) atoms. The fraction of sp³-hybridized carbons (Fsp3) is 0.909. The molecule has 96 valence electrons. The second kappa shape index (κ2) is 6.89. The van der Waals surface area contributed by atoms with Crippen molar-refractivity contribution in [2.24, 2.45) is 5.92 Å². The molecule has 0 heterocycles. The number of esters is 1. The standard InChI is InChI=1S/C11H22O4S/c1-5-6-7-10(11(12)15-4)16(13,14)8-9(2)3/h9-10H,5-8H2,1-4H3. The Morgan fingerprint density at radius 3 is 2.25 bits per heavy atom. The maximum Gasteiger partial charge on any atom is 0.324 e. The van der Waals surface area contributed by atoms with Crippen LogP contribution in [0.25, 0.3) is 0 Å². The highest BCUT2D eigenvalue weighted by Crippen LogP contribution is 2.15. The molecule has 0 aromatic rings. The topological polar surface area (TPSA) is 60.4 Å². The van der Waals surface area contributed by atoms with Crippen molar-refractivity contribution in [3.63, 3.8) is 0 Å². The quantitative estimate of drug-likeness (QED) is 0.646. The monoisotopic (exact) mass is 250 g/mol. The number of methoxy groups -OCH3 is 1. The van der Waals surface area contributed by atoms with E-state index in [4.69, 9.17) is 0 Å². The van der Waals surface area contributed by atoms with Gasteiger partial charge in [0.05, 0.1) is 12.9 Å². The zero-order valence-electron chi connectivity index (χ0n) is 10.5. The minimum atomic E-state index is -3.38. The lowest BCUT2D eigenvalue weighted by atomic mass is 10.2. The van der Waals surface area contributed by atoms with Crippen LogP contribution in [0.3, 0.4) is 0 Å². The van der Waals surface area contributed by atoms with Crippen molar-refractivity contribution in [1.82, 2.24) is 0 Å². The van der Waals surface area contributed by atoms with Crippen molar-refractivity contribution >= 4 is 15.8 Å². The Morgan fingerprint density at radius 1 is 1.31 bits per heavy atom. The van der Waals surface area contributed by atoms with Crippen LogP contribution in [0.2, 0.25) is 0 Å². The van der Waals surface area contributed by atoms with Gasteiger partial charge in [-0.15, -0.1) is 0 Å². The third-order valence-electron chi connectivity index (χ3n) is 2.28. The van der Waals surface area contributed by atoms with Gasteiger partial charge in [-0.05, 0) is 12.3 Å². The summed E-state index contributed by atoms with van der Waals surface area (Å²) in [6.07, 6.45) is 1.94. The van der Waals surface area contributed by atoms with Crippen LogP contribution in [0.1, 0.15) is 40.0 Å². The van der Waals surface area contributed by atoms with Crippen LogP contribution in [0.4, 0.5) is 0 Å². The molecule has 0 aliphatic carbocycles. The van der Waals surface area contributed by atoms with Gasteiger partial charge >= 0.3 is 5.97 Å². The van der Waals surface area contributed by atoms with E-state index in [0.29, 0.717) is 6.42 Å². The van der Waals surface area contributed by atoms with Crippen LogP contribution < -0.4 is 0 Å². The van der Waals surface area contributed by atoms with Crippen molar-refractivity contribution in [3.8, 4) is 0 Å². The molecule has 0 amide bonds. The van der Waals surface area contributed by atoms with Crippen LogP contribution in [0.5, 0.6) is 0 Å². The number of rotatable bonds is 7. The van der Waals surface area contributed by atoms with Gasteiger partial charge in [-0.1, -0.05) is 33.6 Å². The van der Waals surface area contributed by atoms with E-state index in [9.17, 15) is 13.2 Å². The summed E-state index contributed by atoms with van der Waals surface area (Å²) in [7, 11) is -2.15. The first kappa shape index (κ1) is 15.4. The van der Waals surface area contributed by atoms with Gasteiger partial charge in [-0.3, -0.25) is 4.79 Å². The third kappa shape index (κ3) is 4.96. The van der Waals surface area contributed by atoms with E-state index in [0.717, 1.165) is 12.8 Å². The van der Waals surface area contributed by atoms with E-state index in [1.807, 2.05) is 20.8 Å². The first-order chi connectivity index (χ1) is 7.35. The summed E-state index contributed by atoms with van der Waals surface area (Å²) in [6.45, 7) is 5.61. The Morgan fingerprint density at radius 2 is 1.88 bits per heavy atom. The van der Waals surface area contributed by atoms with Crippen molar-refractivity contribution in [2.45, 2.75) is 45.3 Å². The van der Waals surface area contributed by atoms with E-state index >= 15 is 0 Å². The first-order valence-electron chi connectivity index (χ1n) is 5.64. The molecule has 0 rings (SSSR count). The maximum atomic E-state index is 11.9. The fourth-order valence-corrected chi connectivity index (χ4v) is 3.62. The Balaban J connectivity index is 4.80. The van der Waals surface area contributed by atoms with Crippen molar-refractivity contribution in [2.75, 3.05) is 12.9 Å². The Hall–Kier alpha value is -0.580. The Labute approximate surface area is 98.3 Å². The number of sulfone groups is 1. The summed E-state index contributed by atoms with van der Waals surface area (Å²) in [5.41, 5.74) is 0. The lowest BCUT2D eigenvalue weighted by Gasteiger charge is -2.16. The SMILES string of the molecule is CCCCC(C(=O)OC)S(=O)(=O)CC(C)C. The number of unbranched alkanes of at least 4 members (excludes halogenated alkanes) is 1. The zero-order valence-corrected chi connectivity index (χ0v) is 11.3. The predicted octanol–water partition coefficient (Wildman–Crippen LogP) is 1.79. The molecule has 0 radical (unpaired) electrons. The molecule has 0 bridgehead atoms. The summed E-state index contributed by atoms with van der Waals surface area (Å²) in [6, 6.07) is 0. The largest absolute Gasteiger partial charge is 0.468 e. The molecule has 0 aromatic carbocycles. The number of carbonyl (C=O) groups is 1. The normalized spacial score (nSPS) is 13.8. The molecule has 0 spiro atoms. The van der Waals surface area contributed by atoms with Crippen molar-refractivity contribution in [3.05, 3.63) is 0 Å². The molecule has 1 atom stereocenters. The average Bonchev–Trinajstić information content (AvgIpc) is 2.15. The van der Waals surface area contributed by atoms with E-state index in [2.05, 4.69) is 4.74 Å². The van der Waals surface area contributed by atoms with Crippen molar-refractivity contribution in [1.29, 1.82) is 0 Å². The van der Waals surface area contributed by atoms with E-state index in [1.165, 1.54) is 7.11 Å². The number of hydrogen-bond acceptors (Lipinski definition) is 4. The molecule has 0 N–H and O–H groups in total. The van der Waals surface area contributed by atoms with Gasteiger partial charge in [-0.25, -0.2) is 8.42 Å². The number of ether oxygens (including phenoxy) is 1. The molecule has 0 saturated heterocycles. The number of carbonyl (C=O) groups excluding carboxylic acids is 1. The van der Waals surface area contributed by atoms with Crippen LogP contribution in [-0.2, 0) is 19.4 Å². The van der Waals surface area contributed by atoms with Crippen LogP contribution in [-0.4, -0.2) is 32.5 Å². The van der Waals surface area contributed by atoms with E-state index < -0.39 is 21.1 Å². The summed E-state index contributed by atoms with van der Waals surface area (Å²) >= 11 is 0. The highest BCUT2D eigenvalue weighted by Gasteiger charge is 2.33. The molecule has 0 saturated carbocycles. The molecule has 4 nitrogen and oxygen atoms in total. The minimum Gasteiger partial charge on any atom is -0.468 e. The smallest absolute Gasteiger partial charge is 0.324 e. The van der Waals surface area contributed by atoms with Gasteiger partial charge in [-0.2, -0.15) is 0 Å². The van der Waals surface area contributed by atoms with Crippen LogP contribution >= 0.6 is 0 Å². The van der Waals surface area contributed by atoms with E-state index in [1.54, 1.807) is 0 Å². The van der Waals surface area contributed by atoms with E-state index in [-0.39, 0.29) is 11.7 Å². The zero-order chi connectivity index (χ0) is 12.8. The van der Waals surface area contributed by atoms with Gasteiger partial charge in [0.2, 0.25) is 0 Å². The average molecular weight is 250 g/mol. The maximum absolute atomic E-state index is 11.9. The molecule has 1 unspecified atom stereocenters. The molecule has 0 fully saturated rings. The highest BCUT2D eigenvalue weighted by molar-refractivity contribution is 7.92. The van der Waals surface area contributed by atoms with Gasteiger partial charge < -0.3 is 4.74 Å². The van der Waals surface area contributed by atoms with Gasteiger partial charge in [0.25, 0.3) is 0 Å². The Bertz CT molecular complexity index is 306. The second-order valence-electron chi connectivity index (χ2n) is 4.38. The Kier molecular flexibility index (Phi) is 6.64.